The number of esters is 1. The molecule has 0 bridgehead atoms. The Hall–Kier alpha value is -3.66. The Morgan fingerprint density at radius 2 is 1.84 bits per heavy atom. The van der Waals surface area contributed by atoms with Gasteiger partial charge in [0.1, 0.15) is 9.71 Å². The van der Waals surface area contributed by atoms with Crippen LogP contribution in [-0.4, -0.2) is 28.3 Å². The number of carbonyl (C=O) groups excluding carboxylic acids is 2. The van der Waals surface area contributed by atoms with E-state index in [1.54, 1.807) is 10.7 Å². The van der Waals surface area contributed by atoms with E-state index in [2.05, 4.69) is 10.4 Å². The second-order valence-electron chi connectivity index (χ2n) is 6.87. The second kappa shape index (κ2) is 8.46. The Morgan fingerprint density at radius 3 is 2.56 bits per heavy atom. The molecule has 10 heteroatoms. The van der Waals surface area contributed by atoms with Crippen LogP contribution < -0.4 is 5.32 Å². The van der Waals surface area contributed by atoms with Gasteiger partial charge in [0.15, 0.2) is 6.61 Å². The second-order valence-corrected chi connectivity index (χ2v) is 7.90. The van der Waals surface area contributed by atoms with Crippen LogP contribution in [0.15, 0.2) is 60.7 Å². The number of aryl methyl sites for hydroxylation is 1. The number of rotatable bonds is 5. The molecule has 1 amide bonds. The van der Waals surface area contributed by atoms with Gasteiger partial charge < -0.3 is 10.1 Å². The van der Waals surface area contributed by atoms with Gasteiger partial charge in [0.2, 0.25) is 0 Å². The fraction of sp³-hybridized carbons (Fsp3) is 0.136. The summed E-state index contributed by atoms with van der Waals surface area (Å²) in [6, 6.07) is 15.3. The number of amides is 1. The smallest absolute Gasteiger partial charge is 0.416 e. The fourth-order valence-corrected chi connectivity index (χ4v) is 4.14. The number of hydrogen-bond acceptors (Lipinski definition) is 5. The Labute approximate surface area is 184 Å². The summed E-state index contributed by atoms with van der Waals surface area (Å²) in [6.45, 7) is 1.19. The highest BCUT2D eigenvalue weighted by Crippen LogP contribution is 2.31. The molecule has 0 aliphatic heterocycles. The van der Waals surface area contributed by atoms with Crippen LogP contribution in [0, 0.1) is 6.92 Å². The molecule has 164 valence electrons. The summed E-state index contributed by atoms with van der Waals surface area (Å²) in [7, 11) is 0. The molecule has 0 saturated heterocycles. The lowest BCUT2D eigenvalue weighted by molar-refractivity contribution is -0.137. The van der Waals surface area contributed by atoms with Crippen LogP contribution in [0.4, 0.5) is 18.9 Å². The number of aromatic nitrogens is 2. The first-order valence-electron chi connectivity index (χ1n) is 9.41. The van der Waals surface area contributed by atoms with Gasteiger partial charge in [0, 0.05) is 11.1 Å². The molecule has 0 unspecified atom stereocenters. The highest BCUT2D eigenvalue weighted by molar-refractivity contribution is 7.20. The molecular weight excluding hydrogens is 443 g/mol. The van der Waals surface area contributed by atoms with Crippen molar-refractivity contribution in [2.24, 2.45) is 0 Å². The molecule has 6 nitrogen and oxygen atoms in total. The number of carbonyl (C=O) groups is 2. The fourth-order valence-electron chi connectivity index (χ4n) is 3.06. The van der Waals surface area contributed by atoms with Crippen LogP contribution in [0.3, 0.4) is 0 Å². The number of thiophene rings is 1. The van der Waals surface area contributed by atoms with Crippen LogP contribution in [0.5, 0.6) is 0 Å². The maximum absolute atomic E-state index is 12.8. The molecule has 0 aliphatic rings. The molecule has 1 N–H and O–H groups in total. The van der Waals surface area contributed by atoms with E-state index >= 15 is 0 Å². The Bertz CT molecular complexity index is 1300. The minimum Gasteiger partial charge on any atom is -0.451 e. The number of fused-ring (bicyclic) bond motifs is 1. The van der Waals surface area contributed by atoms with Gasteiger partial charge in [-0.15, -0.1) is 11.3 Å². The summed E-state index contributed by atoms with van der Waals surface area (Å²) in [5, 5.41) is 7.58. The Kier molecular flexibility index (Phi) is 5.70. The molecule has 2 aromatic heterocycles. The maximum atomic E-state index is 12.8. The SMILES string of the molecule is Cc1nn(-c2ccccc2)c2sc(C(=O)OCC(=O)Nc3cccc(C(F)(F)F)c3)cc12. The number of hydrogen-bond donors (Lipinski definition) is 1. The summed E-state index contributed by atoms with van der Waals surface area (Å²) in [5.41, 5.74) is 0.649. The number of ether oxygens (including phenoxy) is 1. The lowest BCUT2D eigenvalue weighted by atomic mass is 10.2. The molecule has 0 saturated carbocycles. The Balaban J connectivity index is 1.44. The predicted molar refractivity (Wildman–Crippen MR) is 114 cm³/mol. The van der Waals surface area contributed by atoms with Crippen molar-refractivity contribution in [3.63, 3.8) is 0 Å². The van der Waals surface area contributed by atoms with Gasteiger partial charge in [-0.1, -0.05) is 24.3 Å². The quantitative estimate of drug-likeness (QED) is 0.416. The van der Waals surface area contributed by atoms with E-state index in [-0.39, 0.29) is 10.6 Å². The van der Waals surface area contributed by atoms with E-state index < -0.39 is 30.2 Å². The van der Waals surface area contributed by atoms with Crippen LogP contribution in [-0.2, 0) is 15.7 Å². The predicted octanol–water partition coefficient (Wildman–Crippen LogP) is 5.21. The molecule has 0 aliphatic carbocycles. The number of para-hydroxylation sites is 1. The third-order valence-electron chi connectivity index (χ3n) is 4.55. The molecule has 0 fully saturated rings. The van der Waals surface area contributed by atoms with Crippen molar-refractivity contribution >= 4 is 39.1 Å². The molecular formula is C22H16F3N3O3S. The molecule has 2 aromatic carbocycles. The van der Waals surface area contributed by atoms with Crippen molar-refractivity contribution in [2.75, 3.05) is 11.9 Å². The van der Waals surface area contributed by atoms with Crippen molar-refractivity contribution in [1.82, 2.24) is 9.78 Å². The van der Waals surface area contributed by atoms with Crippen molar-refractivity contribution in [2.45, 2.75) is 13.1 Å². The van der Waals surface area contributed by atoms with Gasteiger partial charge in [-0.25, -0.2) is 9.48 Å². The lowest BCUT2D eigenvalue weighted by Gasteiger charge is -2.10. The summed E-state index contributed by atoms with van der Waals surface area (Å²) >= 11 is 1.18. The van der Waals surface area contributed by atoms with E-state index in [9.17, 15) is 22.8 Å². The molecule has 0 radical (unpaired) electrons. The van der Waals surface area contributed by atoms with Gasteiger partial charge in [0.25, 0.3) is 5.91 Å². The topological polar surface area (TPSA) is 73.2 Å². The average Bonchev–Trinajstić information content (AvgIpc) is 3.33. The third kappa shape index (κ3) is 4.50. The minimum absolute atomic E-state index is 0.0405. The van der Waals surface area contributed by atoms with Crippen LogP contribution in [0.1, 0.15) is 20.9 Å². The van der Waals surface area contributed by atoms with Crippen molar-refractivity contribution < 1.29 is 27.5 Å². The number of anilines is 1. The molecule has 0 spiro atoms. The molecule has 32 heavy (non-hydrogen) atoms. The van der Waals surface area contributed by atoms with E-state index in [0.29, 0.717) is 0 Å². The standard InChI is InChI=1S/C22H16F3N3O3S/c1-13-17-11-18(32-20(17)28(27-13)16-8-3-2-4-9-16)21(30)31-12-19(29)26-15-7-5-6-14(10-15)22(23,24)25/h2-11H,12H2,1H3,(H,26,29). The molecule has 0 atom stereocenters. The third-order valence-corrected chi connectivity index (χ3v) is 5.65. The first kappa shape index (κ1) is 21.6. The zero-order valence-electron chi connectivity index (χ0n) is 16.6. The zero-order valence-corrected chi connectivity index (χ0v) is 17.5. The van der Waals surface area contributed by atoms with Crippen LogP contribution >= 0.6 is 11.3 Å². The van der Waals surface area contributed by atoms with Crippen LogP contribution in [0.2, 0.25) is 0 Å². The molecule has 4 aromatic rings. The van der Waals surface area contributed by atoms with E-state index in [1.807, 2.05) is 37.3 Å². The lowest BCUT2D eigenvalue weighted by Crippen LogP contribution is -2.21. The first-order valence-corrected chi connectivity index (χ1v) is 10.2. The van der Waals surface area contributed by atoms with E-state index in [0.717, 1.165) is 33.7 Å². The zero-order chi connectivity index (χ0) is 22.9. The molecule has 4 rings (SSSR count). The number of nitrogens with zero attached hydrogens (tertiary/aromatic N) is 2. The Morgan fingerprint density at radius 1 is 1.09 bits per heavy atom. The maximum Gasteiger partial charge on any atom is 0.416 e. The van der Waals surface area contributed by atoms with Crippen LogP contribution in [0.25, 0.3) is 15.9 Å². The number of nitrogens with one attached hydrogen (secondary N) is 1. The normalized spacial score (nSPS) is 11.5. The molecule has 2 heterocycles. The highest BCUT2D eigenvalue weighted by Gasteiger charge is 2.30. The minimum atomic E-state index is -4.53. The largest absolute Gasteiger partial charge is 0.451 e. The van der Waals surface area contributed by atoms with Crippen molar-refractivity contribution in [3.8, 4) is 5.69 Å². The van der Waals surface area contributed by atoms with E-state index in [1.165, 1.54) is 23.5 Å². The number of benzene rings is 2. The summed E-state index contributed by atoms with van der Waals surface area (Å²) in [5.74, 6) is -1.45. The van der Waals surface area contributed by atoms with Gasteiger partial charge in [0.05, 0.1) is 16.9 Å². The summed E-state index contributed by atoms with van der Waals surface area (Å²) in [4.78, 5) is 25.5. The average molecular weight is 459 g/mol. The monoisotopic (exact) mass is 459 g/mol. The number of alkyl halides is 3. The summed E-state index contributed by atoms with van der Waals surface area (Å²) in [6.07, 6.45) is -4.53. The van der Waals surface area contributed by atoms with Gasteiger partial charge >= 0.3 is 12.1 Å². The van der Waals surface area contributed by atoms with E-state index in [4.69, 9.17) is 4.74 Å². The summed E-state index contributed by atoms with van der Waals surface area (Å²) < 4.78 is 45.1. The number of halogens is 3. The van der Waals surface area contributed by atoms with Crippen molar-refractivity contribution in [3.05, 3.63) is 76.8 Å². The van der Waals surface area contributed by atoms with Crippen molar-refractivity contribution in [1.29, 1.82) is 0 Å². The van der Waals surface area contributed by atoms with Gasteiger partial charge in [-0.05, 0) is 43.3 Å². The first-order chi connectivity index (χ1) is 15.2. The van der Waals surface area contributed by atoms with Gasteiger partial charge in [-0.3, -0.25) is 4.79 Å². The highest BCUT2D eigenvalue weighted by atomic mass is 32.1. The van der Waals surface area contributed by atoms with Gasteiger partial charge in [-0.2, -0.15) is 18.3 Å².